The van der Waals surface area contributed by atoms with Crippen LogP contribution in [0, 0.1) is 0 Å². The van der Waals surface area contributed by atoms with Crippen LogP contribution >= 0.6 is 0 Å². The molecule has 1 atom stereocenters. The summed E-state index contributed by atoms with van der Waals surface area (Å²) < 4.78 is 2.07. The van der Waals surface area contributed by atoms with E-state index in [1.807, 2.05) is 25.2 Å². The molecule has 4 rings (SSSR count). The van der Waals surface area contributed by atoms with Gasteiger partial charge in [-0.1, -0.05) is 12.1 Å². The average Bonchev–Trinajstić information content (AvgIpc) is 3.18. The second kappa shape index (κ2) is 7.23. The normalized spacial score (nSPS) is 16.8. The molecular weight excluding hydrogens is 326 g/mol. The van der Waals surface area contributed by atoms with Crippen molar-refractivity contribution in [1.29, 1.82) is 0 Å². The van der Waals surface area contributed by atoms with E-state index in [1.165, 1.54) is 22.2 Å². The monoisotopic (exact) mass is 353 g/mol. The first kappa shape index (κ1) is 17.3. The molecule has 0 spiro atoms. The number of rotatable bonds is 5. The Bertz CT molecular complexity index is 881. The Kier molecular flexibility index (Phi) is 4.80. The Morgan fingerprint density at radius 3 is 3.00 bits per heavy atom. The summed E-state index contributed by atoms with van der Waals surface area (Å²) >= 11 is 0. The molecule has 0 saturated carbocycles. The molecule has 1 aromatic carbocycles. The van der Waals surface area contributed by atoms with Crippen molar-refractivity contribution in [1.82, 2.24) is 24.6 Å². The average molecular weight is 353 g/mol. The van der Waals surface area contributed by atoms with Gasteiger partial charge in [0.15, 0.2) is 0 Å². The summed E-state index contributed by atoms with van der Waals surface area (Å²) in [6, 6.07) is 10.7. The summed E-state index contributed by atoms with van der Waals surface area (Å²) in [7, 11) is 3.93. The molecule has 0 aliphatic carbocycles. The summed E-state index contributed by atoms with van der Waals surface area (Å²) in [6.07, 6.45) is 2.54. The molecule has 1 aliphatic rings. The van der Waals surface area contributed by atoms with Crippen LogP contribution in [0.1, 0.15) is 29.5 Å². The number of aryl methyl sites for hydroxylation is 1. The number of nitrogens with zero attached hydrogens (tertiary/aromatic N) is 4. The molecule has 6 heteroatoms. The second-order valence-electron chi connectivity index (χ2n) is 7.48. The van der Waals surface area contributed by atoms with Gasteiger partial charge in [0.05, 0.1) is 11.4 Å². The maximum Gasteiger partial charge on any atom is 0.110 e. The number of aliphatic hydroxyl groups excluding tert-OH is 1. The fourth-order valence-electron chi connectivity index (χ4n) is 3.82. The molecule has 2 N–H and O–H groups in total. The number of fused-ring (bicyclic) bond motifs is 2. The highest BCUT2D eigenvalue weighted by atomic mass is 16.3. The smallest absolute Gasteiger partial charge is 0.110 e. The zero-order valence-electron chi connectivity index (χ0n) is 15.5. The van der Waals surface area contributed by atoms with Crippen LogP contribution in [0.15, 0.2) is 36.5 Å². The number of aromatic amines is 1. The maximum atomic E-state index is 10.4. The van der Waals surface area contributed by atoms with E-state index in [4.69, 9.17) is 0 Å². The van der Waals surface area contributed by atoms with Crippen LogP contribution < -0.4 is 0 Å². The van der Waals surface area contributed by atoms with E-state index in [2.05, 4.69) is 50.0 Å². The molecule has 138 valence electrons. The van der Waals surface area contributed by atoms with Crippen LogP contribution in [0.3, 0.4) is 0 Å². The topological polar surface area (TPSA) is 60.3 Å². The van der Waals surface area contributed by atoms with E-state index in [0.717, 1.165) is 38.3 Å². The van der Waals surface area contributed by atoms with Crippen molar-refractivity contribution in [2.75, 3.05) is 27.2 Å². The molecule has 3 aromatic rings. The van der Waals surface area contributed by atoms with E-state index in [-0.39, 0.29) is 0 Å². The predicted molar refractivity (Wildman–Crippen MR) is 103 cm³/mol. The summed E-state index contributed by atoms with van der Waals surface area (Å²) in [4.78, 5) is 7.75. The van der Waals surface area contributed by atoms with Crippen molar-refractivity contribution in [3.63, 3.8) is 0 Å². The molecule has 0 unspecified atom stereocenters. The summed E-state index contributed by atoms with van der Waals surface area (Å²) in [5, 5.41) is 16.3. The fraction of sp³-hybridized carbons (Fsp3) is 0.450. The van der Waals surface area contributed by atoms with E-state index < -0.39 is 6.10 Å². The van der Waals surface area contributed by atoms with Gasteiger partial charge in [-0.15, -0.1) is 0 Å². The lowest BCUT2D eigenvalue weighted by atomic mass is 10.1. The number of likely N-dealkylation sites (N-methyl/N-ethyl adjacent to an activating group) is 1. The zero-order chi connectivity index (χ0) is 18.1. The number of aromatic nitrogens is 3. The van der Waals surface area contributed by atoms with Crippen LogP contribution in [0.2, 0.25) is 0 Å². The molecular formula is C20H27N5O. The number of aliphatic hydroxyl groups is 1. The molecule has 0 bridgehead atoms. The van der Waals surface area contributed by atoms with Crippen LogP contribution in [0.4, 0.5) is 0 Å². The molecule has 0 fully saturated rings. The molecule has 0 radical (unpaired) electrons. The van der Waals surface area contributed by atoms with E-state index >= 15 is 0 Å². The maximum absolute atomic E-state index is 10.4. The Morgan fingerprint density at radius 2 is 2.15 bits per heavy atom. The lowest BCUT2D eigenvalue weighted by Crippen LogP contribution is -2.23. The van der Waals surface area contributed by atoms with Gasteiger partial charge in [0, 0.05) is 49.8 Å². The Morgan fingerprint density at radius 1 is 1.27 bits per heavy atom. The fourth-order valence-corrected chi connectivity index (χ4v) is 3.82. The minimum absolute atomic E-state index is 0.536. The third kappa shape index (κ3) is 3.53. The van der Waals surface area contributed by atoms with Gasteiger partial charge >= 0.3 is 0 Å². The van der Waals surface area contributed by atoms with Crippen LogP contribution in [0.5, 0.6) is 0 Å². The van der Waals surface area contributed by atoms with Gasteiger partial charge in [0.1, 0.15) is 6.10 Å². The second-order valence-corrected chi connectivity index (χ2v) is 7.48. The highest BCUT2D eigenvalue weighted by molar-refractivity contribution is 5.82. The summed E-state index contributed by atoms with van der Waals surface area (Å²) in [6.45, 7) is 4.35. The van der Waals surface area contributed by atoms with E-state index in [0.29, 0.717) is 6.54 Å². The Hall–Kier alpha value is -2.15. The largest absolute Gasteiger partial charge is 0.385 e. The lowest BCUT2D eigenvalue weighted by molar-refractivity contribution is 0.133. The minimum Gasteiger partial charge on any atom is -0.385 e. The molecule has 0 saturated heterocycles. The molecule has 0 amide bonds. The number of nitrogens with one attached hydrogen (secondary N) is 1. The highest BCUT2D eigenvalue weighted by Gasteiger charge is 2.20. The van der Waals surface area contributed by atoms with Gasteiger partial charge in [-0.25, -0.2) is 0 Å². The Labute approximate surface area is 154 Å². The number of hydrogen-bond acceptors (Lipinski definition) is 4. The minimum atomic E-state index is -0.536. The van der Waals surface area contributed by atoms with Crippen molar-refractivity contribution in [3.05, 3.63) is 53.5 Å². The van der Waals surface area contributed by atoms with Gasteiger partial charge in [0.2, 0.25) is 0 Å². The number of hydrogen-bond donors (Lipinski definition) is 2. The molecule has 6 nitrogen and oxygen atoms in total. The Balaban J connectivity index is 1.52. The SMILES string of the molecule is CN(C)C[C@@H](O)c1cc2n(n1)CCCN(Cc1cccc3[nH]ccc13)C2. The quantitative estimate of drug-likeness (QED) is 0.739. The first-order valence-corrected chi connectivity index (χ1v) is 9.27. The van der Waals surface area contributed by atoms with Gasteiger partial charge in [-0.05, 0) is 44.3 Å². The van der Waals surface area contributed by atoms with Crippen molar-refractivity contribution >= 4 is 10.9 Å². The van der Waals surface area contributed by atoms with Crippen molar-refractivity contribution < 1.29 is 5.11 Å². The third-order valence-corrected chi connectivity index (χ3v) is 5.07. The molecule has 26 heavy (non-hydrogen) atoms. The number of H-pyrrole nitrogens is 1. The van der Waals surface area contributed by atoms with E-state index in [1.54, 1.807) is 0 Å². The summed E-state index contributed by atoms with van der Waals surface area (Å²) in [5.41, 5.74) is 4.51. The standard InChI is InChI=1S/C20H27N5O/c1-23(2)14-20(26)19-11-16-13-24(9-4-10-25(16)22-19)12-15-5-3-6-18-17(15)7-8-21-18/h3,5-8,11,20-21,26H,4,9-10,12-14H2,1-2H3/t20-/m1/s1. The van der Waals surface area contributed by atoms with Gasteiger partial charge in [-0.2, -0.15) is 5.10 Å². The molecule has 1 aliphatic heterocycles. The van der Waals surface area contributed by atoms with Crippen LogP contribution in [-0.2, 0) is 19.6 Å². The third-order valence-electron chi connectivity index (χ3n) is 5.07. The van der Waals surface area contributed by atoms with Gasteiger partial charge in [0.25, 0.3) is 0 Å². The molecule has 3 heterocycles. The van der Waals surface area contributed by atoms with Crippen LogP contribution in [0.25, 0.3) is 10.9 Å². The van der Waals surface area contributed by atoms with Crippen molar-refractivity contribution in [2.45, 2.75) is 32.2 Å². The van der Waals surface area contributed by atoms with Crippen molar-refractivity contribution in [3.8, 4) is 0 Å². The number of benzene rings is 1. The van der Waals surface area contributed by atoms with E-state index in [9.17, 15) is 5.11 Å². The highest BCUT2D eigenvalue weighted by Crippen LogP contribution is 2.23. The lowest BCUT2D eigenvalue weighted by Gasteiger charge is -2.20. The predicted octanol–water partition coefficient (Wildman–Crippen LogP) is 2.37. The first-order chi connectivity index (χ1) is 12.6. The first-order valence-electron chi connectivity index (χ1n) is 9.27. The van der Waals surface area contributed by atoms with Crippen LogP contribution in [-0.4, -0.2) is 56.9 Å². The molecule has 2 aromatic heterocycles. The zero-order valence-corrected chi connectivity index (χ0v) is 15.5. The van der Waals surface area contributed by atoms with Gasteiger partial charge in [-0.3, -0.25) is 9.58 Å². The van der Waals surface area contributed by atoms with Crippen molar-refractivity contribution in [2.24, 2.45) is 0 Å². The van der Waals surface area contributed by atoms with Gasteiger partial charge < -0.3 is 15.0 Å². The summed E-state index contributed by atoms with van der Waals surface area (Å²) in [5.74, 6) is 0.